The summed E-state index contributed by atoms with van der Waals surface area (Å²) < 4.78 is 1.70. The molecule has 35 heavy (non-hydrogen) atoms. The number of hydrogen-bond donors (Lipinski definition) is 4. The number of nitrogens with two attached hydrogens (primary N) is 2. The molecule has 3 aromatic rings. The molecule has 1 aliphatic heterocycles. The predicted molar refractivity (Wildman–Crippen MR) is 130 cm³/mol. The molecule has 2 unspecified atom stereocenters. The molecule has 11 nitrogen and oxygen atoms in total. The number of carbonyl (C=O) groups excluding carboxylic acids is 2. The molecule has 1 aliphatic carbocycles. The van der Waals surface area contributed by atoms with Crippen LogP contribution in [0.1, 0.15) is 37.6 Å². The van der Waals surface area contributed by atoms with Crippen LogP contribution in [-0.4, -0.2) is 66.1 Å². The molecular formula is C24H30N8O3. The van der Waals surface area contributed by atoms with Gasteiger partial charge in [-0.1, -0.05) is 6.92 Å². The fraction of sp³-hybridized carbons (Fsp3) is 0.458. The molecule has 2 amide bonds. The first kappa shape index (κ1) is 23.0. The summed E-state index contributed by atoms with van der Waals surface area (Å²) >= 11 is 0. The third kappa shape index (κ3) is 4.05. The van der Waals surface area contributed by atoms with Crippen molar-refractivity contribution in [3.63, 3.8) is 0 Å². The fourth-order valence-electron chi connectivity index (χ4n) is 5.55. The van der Waals surface area contributed by atoms with Crippen LogP contribution in [0.2, 0.25) is 0 Å². The normalized spacial score (nSPS) is 24.1. The van der Waals surface area contributed by atoms with Crippen molar-refractivity contribution < 1.29 is 14.7 Å². The lowest BCUT2D eigenvalue weighted by Crippen LogP contribution is -2.45. The summed E-state index contributed by atoms with van der Waals surface area (Å²) in [6.07, 6.45) is 7.44. The van der Waals surface area contributed by atoms with Gasteiger partial charge in [0.15, 0.2) is 0 Å². The van der Waals surface area contributed by atoms with Gasteiger partial charge in [0.1, 0.15) is 5.60 Å². The van der Waals surface area contributed by atoms with Gasteiger partial charge in [-0.15, -0.1) is 0 Å². The molecule has 6 N–H and O–H groups in total. The highest BCUT2D eigenvalue weighted by Gasteiger charge is 2.48. The van der Waals surface area contributed by atoms with Crippen molar-refractivity contribution in [3.8, 4) is 11.1 Å². The second-order valence-electron chi connectivity index (χ2n) is 10.2. The first-order valence-corrected chi connectivity index (χ1v) is 11.7. The highest BCUT2D eigenvalue weighted by atomic mass is 16.3. The third-order valence-electron chi connectivity index (χ3n) is 7.41. The summed E-state index contributed by atoms with van der Waals surface area (Å²) in [6.45, 7) is 6.46. The number of nitrogens with one attached hydrogen (secondary N) is 1. The molecule has 184 valence electrons. The van der Waals surface area contributed by atoms with E-state index in [1.807, 2.05) is 12.3 Å². The Bertz CT molecular complexity index is 1300. The molecule has 0 bridgehead atoms. The van der Waals surface area contributed by atoms with E-state index < -0.39 is 11.5 Å². The number of nitrogens with zero attached hydrogens (tertiary/aromatic N) is 5. The quantitative estimate of drug-likeness (QED) is 0.424. The second-order valence-corrected chi connectivity index (χ2v) is 10.2. The summed E-state index contributed by atoms with van der Waals surface area (Å²) in [5, 5.41) is 18.1. The fourth-order valence-corrected chi connectivity index (χ4v) is 5.55. The molecule has 4 atom stereocenters. The maximum atomic E-state index is 12.6. The molecule has 4 heterocycles. The van der Waals surface area contributed by atoms with Gasteiger partial charge in [0.05, 0.1) is 23.0 Å². The van der Waals surface area contributed by atoms with Crippen LogP contribution in [-0.2, 0) is 4.79 Å². The highest BCUT2D eigenvalue weighted by molar-refractivity contribution is 6.02. The number of aromatic nitrogens is 4. The zero-order valence-corrected chi connectivity index (χ0v) is 20.0. The number of nitrogen functional groups attached to an aromatic ring is 1. The molecule has 2 fully saturated rings. The van der Waals surface area contributed by atoms with Crippen LogP contribution >= 0.6 is 0 Å². The van der Waals surface area contributed by atoms with Crippen molar-refractivity contribution in [3.05, 3.63) is 36.4 Å². The van der Waals surface area contributed by atoms with Gasteiger partial charge < -0.3 is 26.8 Å². The number of rotatable bonds is 5. The zero-order valence-electron chi connectivity index (χ0n) is 20.0. The molecule has 2 aliphatic rings. The Morgan fingerprint density at radius 2 is 1.89 bits per heavy atom. The van der Waals surface area contributed by atoms with Crippen molar-refractivity contribution in [1.29, 1.82) is 0 Å². The van der Waals surface area contributed by atoms with Crippen molar-refractivity contribution in [2.75, 3.05) is 24.1 Å². The summed E-state index contributed by atoms with van der Waals surface area (Å²) in [4.78, 5) is 34.7. The molecule has 1 saturated heterocycles. The Labute approximate surface area is 202 Å². The van der Waals surface area contributed by atoms with Crippen LogP contribution in [0.4, 0.5) is 11.6 Å². The molecule has 0 aromatic carbocycles. The van der Waals surface area contributed by atoms with E-state index in [9.17, 15) is 14.7 Å². The van der Waals surface area contributed by atoms with Crippen LogP contribution in [0.5, 0.6) is 0 Å². The number of anilines is 2. The summed E-state index contributed by atoms with van der Waals surface area (Å²) in [7, 11) is 0. The SMILES string of the molecule is C[C@@H]1C2CN(C(=O)C(C)(C)O)CC2C[C@H]1Nc1c(C(N)=O)cnn2cc(-c3cnc(N)nc3)cc12. The van der Waals surface area contributed by atoms with Gasteiger partial charge in [0, 0.05) is 48.8 Å². The topological polar surface area (TPSA) is 165 Å². The van der Waals surface area contributed by atoms with Crippen molar-refractivity contribution in [1.82, 2.24) is 24.5 Å². The summed E-state index contributed by atoms with van der Waals surface area (Å²) in [5.74, 6) is 0.267. The molecule has 11 heteroatoms. The molecule has 3 aromatic heterocycles. The van der Waals surface area contributed by atoms with Crippen LogP contribution in [0.3, 0.4) is 0 Å². The number of likely N-dealkylation sites (tertiary alicyclic amines) is 1. The van der Waals surface area contributed by atoms with Crippen LogP contribution in [0.25, 0.3) is 16.6 Å². The van der Waals surface area contributed by atoms with Gasteiger partial charge >= 0.3 is 0 Å². The lowest BCUT2D eigenvalue weighted by atomic mass is 9.93. The van der Waals surface area contributed by atoms with Crippen LogP contribution < -0.4 is 16.8 Å². The van der Waals surface area contributed by atoms with E-state index in [0.29, 0.717) is 36.2 Å². The zero-order chi connectivity index (χ0) is 25.1. The van der Waals surface area contributed by atoms with E-state index in [1.54, 1.807) is 21.8 Å². The molecule has 1 saturated carbocycles. The van der Waals surface area contributed by atoms with E-state index in [2.05, 4.69) is 27.3 Å². The molecular weight excluding hydrogens is 448 g/mol. The molecule has 0 spiro atoms. The Morgan fingerprint density at radius 3 is 2.51 bits per heavy atom. The predicted octanol–water partition coefficient (Wildman–Crippen LogP) is 1.14. The van der Waals surface area contributed by atoms with Gasteiger partial charge in [0.2, 0.25) is 5.95 Å². The number of aliphatic hydroxyl groups is 1. The Morgan fingerprint density at radius 1 is 1.17 bits per heavy atom. The Hall–Kier alpha value is -3.73. The van der Waals surface area contributed by atoms with E-state index in [4.69, 9.17) is 11.5 Å². The smallest absolute Gasteiger partial charge is 0.253 e. The van der Waals surface area contributed by atoms with E-state index in [1.165, 1.54) is 20.0 Å². The number of fused-ring (bicyclic) bond motifs is 2. The molecule has 5 rings (SSSR count). The number of primary amides is 1. The highest BCUT2D eigenvalue weighted by Crippen LogP contribution is 2.44. The standard InChI is InChI=1S/C24H30N8O3/c1-12-17-11-31(22(34)24(2,3)35)9-14(17)4-18(12)30-20-16(21(25)33)8-29-32-10-13(5-19(20)32)15-6-27-23(26)28-7-15/h5-8,10,12,14,17-18,30,35H,4,9,11H2,1-3H3,(H2,25,33)(H2,26,27,28)/t12-,14?,17?,18-/m1/s1. The van der Waals surface area contributed by atoms with Crippen molar-refractivity contribution in [2.45, 2.75) is 38.8 Å². The minimum absolute atomic E-state index is 0.0897. The maximum Gasteiger partial charge on any atom is 0.253 e. The van der Waals surface area contributed by atoms with Crippen LogP contribution in [0.15, 0.2) is 30.9 Å². The number of carbonyl (C=O) groups is 2. The van der Waals surface area contributed by atoms with E-state index >= 15 is 0 Å². The number of hydrogen-bond acceptors (Lipinski definition) is 8. The first-order valence-electron chi connectivity index (χ1n) is 11.7. The average molecular weight is 479 g/mol. The maximum absolute atomic E-state index is 12.6. The second kappa shape index (κ2) is 8.19. The van der Waals surface area contributed by atoms with E-state index in [-0.39, 0.29) is 23.8 Å². The summed E-state index contributed by atoms with van der Waals surface area (Å²) in [6, 6.07) is 2.01. The van der Waals surface area contributed by atoms with Crippen molar-refractivity contribution in [2.24, 2.45) is 23.5 Å². The lowest BCUT2D eigenvalue weighted by Gasteiger charge is -2.28. The van der Waals surface area contributed by atoms with Gasteiger partial charge in [-0.25, -0.2) is 14.5 Å². The van der Waals surface area contributed by atoms with Gasteiger partial charge in [-0.05, 0) is 44.1 Å². The monoisotopic (exact) mass is 478 g/mol. The Balaban J connectivity index is 1.43. The average Bonchev–Trinajstić information content (AvgIpc) is 3.48. The third-order valence-corrected chi connectivity index (χ3v) is 7.41. The lowest BCUT2D eigenvalue weighted by molar-refractivity contribution is -0.147. The minimum atomic E-state index is -1.37. The van der Waals surface area contributed by atoms with Crippen LogP contribution in [0, 0.1) is 17.8 Å². The first-order chi connectivity index (χ1) is 16.5. The number of amides is 2. The van der Waals surface area contributed by atoms with Gasteiger partial charge in [-0.3, -0.25) is 9.59 Å². The minimum Gasteiger partial charge on any atom is -0.381 e. The van der Waals surface area contributed by atoms with Gasteiger partial charge in [-0.2, -0.15) is 5.10 Å². The largest absolute Gasteiger partial charge is 0.381 e. The Kier molecular flexibility index (Phi) is 5.39. The van der Waals surface area contributed by atoms with Gasteiger partial charge in [0.25, 0.3) is 11.8 Å². The molecule has 0 radical (unpaired) electrons. The van der Waals surface area contributed by atoms with Crippen molar-refractivity contribution >= 4 is 29.0 Å². The summed E-state index contributed by atoms with van der Waals surface area (Å²) in [5.41, 5.74) is 13.2. The van der Waals surface area contributed by atoms with E-state index in [0.717, 1.165) is 23.1 Å².